The van der Waals surface area contributed by atoms with Crippen LogP contribution in [0.5, 0.6) is 0 Å². The van der Waals surface area contributed by atoms with E-state index in [9.17, 15) is 9.59 Å². The van der Waals surface area contributed by atoms with Crippen LogP contribution in [-0.2, 0) is 17.6 Å². The lowest BCUT2D eigenvalue weighted by Gasteiger charge is -2.23. The van der Waals surface area contributed by atoms with Gasteiger partial charge in [-0.25, -0.2) is 0 Å². The van der Waals surface area contributed by atoms with Gasteiger partial charge in [-0.05, 0) is 66.6 Å². The number of nitrogens with two attached hydrogens (primary N) is 1. The van der Waals surface area contributed by atoms with Crippen molar-refractivity contribution < 1.29 is 14.7 Å². The first-order chi connectivity index (χ1) is 13.5. The molecule has 0 heterocycles. The van der Waals surface area contributed by atoms with Crippen molar-refractivity contribution in [1.82, 2.24) is 0 Å². The van der Waals surface area contributed by atoms with Gasteiger partial charge >= 0.3 is 0 Å². The number of aliphatic hydroxyl groups is 1. The van der Waals surface area contributed by atoms with Crippen LogP contribution in [0.1, 0.15) is 33.5 Å². The first-order valence-corrected chi connectivity index (χ1v) is 9.16. The molecule has 1 atom stereocenters. The number of aliphatic hydroxyl groups excluding tert-OH is 1. The molecule has 28 heavy (non-hydrogen) atoms. The van der Waals surface area contributed by atoms with E-state index in [0.717, 1.165) is 24.9 Å². The van der Waals surface area contributed by atoms with Crippen LogP contribution in [0.15, 0.2) is 54.6 Å². The van der Waals surface area contributed by atoms with E-state index in [0.29, 0.717) is 11.1 Å². The van der Waals surface area contributed by atoms with Crippen LogP contribution in [0.2, 0.25) is 0 Å². The second-order valence-electron chi connectivity index (χ2n) is 6.92. The number of hydrogen-bond acceptors (Lipinski definition) is 4. The van der Waals surface area contributed by atoms with Gasteiger partial charge in [-0.2, -0.15) is 0 Å². The smallest absolute Gasteiger partial charge is 0.255 e. The summed E-state index contributed by atoms with van der Waals surface area (Å²) in [6.07, 6.45) is 5.97. The number of allylic oxidation sites excluding steroid dienone is 1. The van der Waals surface area contributed by atoms with Crippen molar-refractivity contribution in [3.63, 3.8) is 0 Å². The molecule has 2 aromatic carbocycles. The van der Waals surface area contributed by atoms with Crippen LogP contribution in [0, 0.1) is 11.3 Å². The number of fused-ring (bicyclic) bond motifs is 1. The van der Waals surface area contributed by atoms with Crippen molar-refractivity contribution in [2.24, 2.45) is 11.7 Å². The quantitative estimate of drug-likeness (QED) is 0.351. The van der Waals surface area contributed by atoms with E-state index >= 15 is 0 Å². The number of hydrogen-bond donors (Lipinski definition) is 4. The average Bonchev–Trinajstić information content (AvgIpc) is 2.71. The summed E-state index contributed by atoms with van der Waals surface area (Å²) in [6.45, 7) is -0.458. The molecule has 0 spiro atoms. The molecule has 3 rings (SSSR count). The number of aryl methyl sites for hydroxylation is 1. The molecule has 0 aliphatic heterocycles. The number of amides is 1. The van der Waals surface area contributed by atoms with E-state index in [4.69, 9.17) is 16.2 Å². The number of amidine groups is 1. The van der Waals surface area contributed by atoms with Crippen LogP contribution in [-0.4, -0.2) is 29.2 Å². The second kappa shape index (κ2) is 8.63. The Balaban J connectivity index is 1.66. The summed E-state index contributed by atoms with van der Waals surface area (Å²) < 4.78 is 0. The van der Waals surface area contributed by atoms with E-state index in [2.05, 4.69) is 5.32 Å². The number of benzene rings is 2. The van der Waals surface area contributed by atoms with Crippen molar-refractivity contribution in [2.75, 3.05) is 11.9 Å². The lowest BCUT2D eigenvalue weighted by Crippen LogP contribution is -2.16. The Bertz CT molecular complexity index is 933. The SMILES string of the molecule is N=C(N)c1ccc(C(=O)Nc2ccc3c(c2)CCC(/C=C/C(=O)CO)C3)cc1. The molecule has 1 unspecified atom stereocenters. The minimum absolute atomic E-state index is 0.0319. The zero-order valence-electron chi connectivity index (χ0n) is 15.4. The number of nitrogen functional groups attached to an aromatic ring is 1. The van der Waals surface area contributed by atoms with E-state index in [1.54, 1.807) is 24.3 Å². The maximum Gasteiger partial charge on any atom is 0.255 e. The highest BCUT2D eigenvalue weighted by molar-refractivity contribution is 6.05. The molecule has 0 aromatic heterocycles. The fraction of sp³-hybridized carbons (Fsp3) is 0.227. The molecule has 0 bridgehead atoms. The molecule has 1 aliphatic rings. The molecule has 6 heteroatoms. The van der Waals surface area contributed by atoms with Crippen LogP contribution in [0.4, 0.5) is 5.69 Å². The summed E-state index contributed by atoms with van der Waals surface area (Å²) in [5.74, 6) is -0.242. The largest absolute Gasteiger partial charge is 0.388 e. The second-order valence-corrected chi connectivity index (χ2v) is 6.92. The Kier molecular flexibility index (Phi) is 6.01. The normalized spacial score (nSPS) is 15.8. The number of rotatable bonds is 6. The monoisotopic (exact) mass is 377 g/mol. The Morgan fingerprint density at radius 1 is 1.14 bits per heavy atom. The van der Waals surface area contributed by atoms with Crippen molar-refractivity contribution in [1.29, 1.82) is 5.41 Å². The van der Waals surface area contributed by atoms with Crippen molar-refractivity contribution in [2.45, 2.75) is 19.3 Å². The third-order valence-electron chi connectivity index (χ3n) is 4.90. The van der Waals surface area contributed by atoms with Gasteiger partial charge < -0.3 is 16.2 Å². The van der Waals surface area contributed by atoms with Gasteiger partial charge in [0.25, 0.3) is 5.91 Å². The Labute approximate surface area is 163 Å². The highest BCUT2D eigenvalue weighted by atomic mass is 16.3. The molecule has 0 saturated heterocycles. The van der Waals surface area contributed by atoms with Crippen molar-refractivity contribution in [3.05, 3.63) is 76.9 Å². The lowest BCUT2D eigenvalue weighted by atomic mass is 9.83. The van der Waals surface area contributed by atoms with Crippen molar-refractivity contribution in [3.8, 4) is 0 Å². The predicted octanol–water partition coefficient (Wildman–Crippen LogP) is 2.45. The van der Waals surface area contributed by atoms with Gasteiger partial charge in [0, 0.05) is 16.8 Å². The van der Waals surface area contributed by atoms with Crippen LogP contribution >= 0.6 is 0 Å². The fourth-order valence-corrected chi connectivity index (χ4v) is 3.33. The summed E-state index contributed by atoms with van der Waals surface area (Å²) >= 11 is 0. The summed E-state index contributed by atoms with van der Waals surface area (Å²) in [5, 5.41) is 19.1. The van der Waals surface area contributed by atoms with E-state index in [-0.39, 0.29) is 23.4 Å². The fourth-order valence-electron chi connectivity index (χ4n) is 3.33. The average molecular weight is 377 g/mol. The number of carbonyl (C=O) groups is 2. The predicted molar refractivity (Wildman–Crippen MR) is 109 cm³/mol. The summed E-state index contributed by atoms with van der Waals surface area (Å²) in [7, 11) is 0. The Morgan fingerprint density at radius 2 is 1.86 bits per heavy atom. The summed E-state index contributed by atoms with van der Waals surface area (Å²) in [6, 6.07) is 12.5. The van der Waals surface area contributed by atoms with E-state index < -0.39 is 6.61 Å². The highest BCUT2D eigenvalue weighted by Gasteiger charge is 2.18. The molecular weight excluding hydrogens is 354 g/mol. The van der Waals surface area contributed by atoms with Gasteiger partial charge in [-0.1, -0.05) is 24.3 Å². The maximum atomic E-state index is 12.4. The Morgan fingerprint density at radius 3 is 2.54 bits per heavy atom. The topological polar surface area (TPSA) is 116 Å². The van der Waals surface area contributed by atoms with Gasteiger partial charge in [0.1, 0.15) is 12.4 Å². The molecule has 1 aliphatic carbocycles. The zero-order valence-corrected chi connectivity index (χ0v) is 15.4. The minimum atomic E-state index is -0.458. The van der Waals surface area contributed by atoms with Gasteiger partial charge in [0.2, 0.25) is 0 Å². The van der Waals surface area contributed by atoms with Crippen molar-refractivity contribution >= 4 is 23.2 Å². The Hall–Kier alpha value is -3.25. The number of anilines is 1. The molecule has 5 N–H and O–H groups in total. The molecular formula is C22H23N3O3. The van der Waals surface area contributed by atoms with Gasteiger partial charge in [-0.3, -0.25) is 15.0 Å². The molecule has 2 aromatic rings. The van der Waals surface area contributed by atoms with Gasteiger partial charge in [-0.15, -0.1) is 0 Å². The molecule has 144 valence electrons. The lowest BCUT2D eigenvalue weighted by molar-refractivity contribution is -0.117. The first kappa shape index (κ1) is 19.5. The highest BCUT2D eigenvalue weighted by Crippen LogP contribution is 2.28. The number of carbonyl (C=O) groups excluding carboxylic acids is 2. The third-order valence-corrected chi connectivity index (χ3v) is 4.90. The van der Waals surface area contributed by atoms with E-state index in [1.807, 2.05) is 24.3 Å². The molecule has 1 amide bonds. The summed E-state index contributed by atoms with van der Waals surface area (Å²) in [4.78, 5) is 23.7. The van der Waals surface area contributed by atoms with Crippen LogP contribution < -0.4 is 11.1 Å². The number of nitrogens with one attached hydrogen (secondary N) is 2. The molecule has 0 fully saturated rings. The third kappa shape index (κ3) is 4.72. The zero-order chi connectivity index (χ0) is 20.1. The number of ketones is 1. The molecule has 0 saturated carbocycles. The molecule has 0 radical (unpaired) electrons. The first-order valence-electron chi connectivity index (χ1n) is 9.16. The summed E-state index contributed by atoms with van der Waals surface area (Å²) in [5.41, 5.74) is 9.66. The minimum Gasteiger partial charge on any atom is -0.388 e. The standard InChI is InChI=1S/C22H23N3O3/c23-21(24)15-4-6-16(7-5-15)22(28)25-19-9-8-17-11-14(1-3-18(17)12-19)2-10-20(27)13-26/h2,4-10,12,14,26H,1,3,11,13H2,(H3,23,24)(H,25,28)/b10-2+. The van der Waals surface area contributed by atoms with Crippen LogP contribution in [0.3, 0.4) is 0 Å². The van der Waals surface area contributed by atoms with Gasteiger partial charge in [0.05, 0.1) is 0 Å². The van der Waals surface area contributed by atoms with E-state index in [1.165, 1.54) is 17.2 Å². The van der Waals surface area contributed by atoms with Gasteiger partial charge in [0.15, 0.2) is 5.78 Å². The molecule has 6 nitrogen and oxygen atoms in total. The maximum absolute atomic E-state index is 12.4. The van der Waals surface area contributed by atoms with Crippen LogP contribution in [0.25, 0.3) is 0 Å².